The highest BCUT2D eigenvalue weighted by molar-refractivity contribution is 5.10. The number of hydrogen-bond acceptors (Lipinski definition) is 4. The van der Waals surface area contributed by atoms with Crippen molar-refractivity contribution in [2.24, 2.45) is 36.0 Å². The molecule has 4 aliphatic rings. The molecule has 2 N–H and O–H groups in total. The molecule has 4 bridgehead atoms. The molecule has 4 saturated carbocycles. The number of nitrogens with zero attached hydrogens (tertiary/aromatic N) is 4. The highest BCUT2D eigenvalue weighted by Crippen LogP contribution is 2.63. The van der Waals surface area contributed by atoms with E-state index in [1.807, 2.05) is 7.05 Å². The second kappa shape index (κ2) is 3.53. The smallest absolute Gasteiger partial charge is 0.168 e. The van der Waals surface area contributed by atoms with E-state index in [0.717, 1.165) is 23.6 Å². The van der Waals surface area contributed by atoms with Gasteiger partial charge in [0.15, 0.2) is 5.82 Å². The second-order valence-corrected chi connectivity index (χ2v) is 6.92. The zero-order valence-corrected chi connectivity index (χ0v) is 10.9. The van der Waals surface area contributed by atoms with Crippen LogP contribution in [-0.2, 0) is 7.05 Å². The summed E-state index contributed by atoms with van der Waals surface area (Å²) in [4.78, 5) is 0. The van der Waals surface area contributed by atoms with Crippen molar-refractivity contribution in [2.45, 2.75) is 44.6 Å². The van der Waals surface area contributed by atoms with Gasteiger partial charge < -0.3 is 5.73 Å². The Balaban J connectivity index is 1.69. The van der Waals surface area contributed by atoms with E-state index in [-0.39, 0.29) is 11.5 Å². The summed E-state index contributed by atoms with van der Waals surface area (Å²) >= 11 is 0. The maximum atomic E-state index is 6.58. The van der Waals surface area contributed by atoms with E-state index in [0.29, 0.717) is 0 Å². The van der Waals surface area contributed by atoms with Crippen LogP contribution in [0.25, 0.3) is 0 Å². The third-order valence-electron chi connectivity index (χ3n) is 5.68. The third-order valence-corrected chi connectivity index (χ3v) is 5.68. The molecule has 1 unspecified atom stereocenters. The Morgan fingerprint density at radius 1 is 1.17 bits per heavy atom. The summed E-state index contributed by atoms with van der Waals surface area (Å²) in [6.45, 7) is 0. The van der Waals surface area contributed by atoms with Crippen molar-refractivity contribution < 1.29 is 0 Å². The Kier molecular flexibility index (Phi) is 2.14. The quantitative estimate of drug-likeness (QED) is 0.858. The number of aryl methyl sites for hydroxylation is 1. The average molecular weight is 247 g/mol. The minimum Gasteiger partial charge on any atom is -0.321 e. The maximum absolute atomic E-state index is 6.58. The number of hydrogen-bond donors (Lipinski definition) is 1. The highest BCUT2D eigenvalue weighted by atomic mass is 15.5. The lowest BCUT2D eigenvalue weighted by molar-refractivity contribution is -0.0697. The fraction of sp³-hybridized carbons (Fsp3) is 0.923. The molecule has 5 nitrogen and oxygen atoms in total. The zero-order chi connectivity index (χ0) is 12.3. The number of nitrogens with two attached hydrogens (primary N) is 1. The molecule has 0 spiro atoms. The highest BCUT2D eigenvalue weighted by Gasteiger charge is 2.54. The third kappa shape index (κ3) is 1.40. The van der Waals surface area contributed by atoms with E-state index in [1.54, 1.807) is 4.68 Å². The summed E-state index contributed by atoms with van der Waals surface area (Å²) in [7, 11) is 1.90. The summed E-state index contributed by atoms with van der Waals surface area (Å²) in [5.74, 6) is 3.63. The molecule has 0 aliphatic heterocycles. The lowest BCUT2D eigenvalue weighted by Gasteiger charge is -2.58. The lowest BCUT2D eigenvalue weighted by atomic mass is 9.47. The van der Waals surface area contributed by atoms with Crippen molar-refractivity contribution in [1.29, 1.82) is 0 Å². The molecule has 5 rings (SSSR count). The van der Waals surface area contributed by atoms with Gasteiger partial charge in [-0.2, -0.15) is 0 Å². The van der Waals surface area contributed by atoms with Gasteiger partial charge in [-0.3, -0.25) is 0 Å². The molecular weight excluding hydrogens is 226 g/mol. The molecule has 0 saturated heterocycles. The van der Waals surface area contributed by atoms with Gasteiger partial charge in [-0.25, -0.2) is 4.68 Å². The first-order chi connectivity index (χ1) is 8.66. The Hall–Kier alpha value is -0.970. The van der Waals surface area contributed by atoms with E-state index in [2.05, 4.69) is 15.5 Å². The van der Waals surface area contributed by atoms with Gasteiger partial charge >= 0.3 is 0 Å². The predicted molar refractivity (Wildman–Crippen MR) is 66.3 cm³/mol. The van der Waals surface area contributed by atoms with Crippen LogP contribution in [0.1, 0.15) is 50.4 Å². The number of aromatic nitrogens is 4. The standard InChI is InChI=1S/C13H21N5/c1-18-12(15-16-17-18)11(14)13-5-8-2-9(6-13)4-10(3-8)7-13/h8-11H,2-7,14H2,1H3. The topological polar surface area (TPSA) is 69.6 Å². The molecule has 1 aromatic heterocycles. The Labute approximate surface area is 107 Å². The van der Waals surface area contributed by atoms with E-state index in [1.165, 1.54) is 38.5 Å². The van der Waals surface area contributed by atoms with Crippen LogP contribution in [0.15, 0.2) is 0 Å². The molecule has 5 heteroatoms. The van der Waals surface area contributed by atoms with Crippen LogP contribution in [0.4, 0.5) is 0 Å². The van der Waals surface area contributed by atoms with Crippen LogP contribution >= 0.6 is 0 Å². The summed E-state index contributed by atoms with van der Waals surface area (Å²) in [6.07, 6.45) is 8.24. The molecule has 18 heavy (non-hydrogen) atoms. The number of rotatable bonds is 2. The average Bonchev–Trinajstić information content (AvgIpc) is 2.72. The minimum absolute atomic E-state index is 0.0194. The van der Waals surface area contributed by atoms with Crippen LogP contribution in [-0.4, -0.2) is 20.2 Å². The van der Waals surface area contributed by atoms with Gasteiger partial charge in [0.1, 0.15) is 0 Å². The van der Waals surface area contributed by atoms with Crippen molar-refractivity contribution in [3.63, 3.8) is 0 Å². The first-order valence-electron chi connectivity index (χ1n) is 7.14. The van der Waals surface area contributed by atoms with E-state index < -0.39 is 0 Å². The molecule has 1 heterocycles. The van der Waals surface area contributed by atoms with Crippen molar-refractivity contribution in [3.8, 4) is 0 Å². The molecule has 98 valence electrons. The molecule has 4 fully saturated rings. The van der Waals surface area contributed by atoms with Gasteiger partial charge in [0, 0.05) is 7.05 Å². The predicted octanol–water partition coefficient (Wildman–Crippen LogP) is 1.43. The van der Waals surface area contributed by atoms with Crippen LogP contribution in [0.3, 0.4) is 0 Å². The Morgan fingerprint density at radius 2 is 1.72 bits per heavy atom. The van der Waals surface area contributed by atoms with Gasteiger partial charge in [-0.1, -0.05) is 0 Å². The van der Waals surface area contributed by atoms with Crippen LogP contribution in [0.2, 0.25) is 0 Å². The molecule has 4 aliphatic carbocycles. The first-order valence-corrected chi connectivity index (χ1v) is 7.14. The van der Waals surface area contributed by atoms with Crippen molar-refractivity contribution >= 4 is 0 Å². The zero-order valence-electron chi connectivity index (χ0n) is 10.9. The monoisotopic (exact) mass is 247 g/mol. The minimum atomic E-state index is 0.0194. The van der Waals surface area contributed by atoms with E-state index in [9.17, 15) is 0 Å². The van der Waals surface area contributed by atoms with Gasteiger partial charge in [0.2, 0.25) is 0 Å². The van der Waals surface area contributed by atoms with Crippen LogP contribution < -0.4 is 5.73 Å². The van der Waals surface area contributed by atoms with Crippen molar-refractivity contribution in [3.05, 3.63) is 5.82 Å². The van der Waals surface area contributed by atoms with E-state index >= 15 is 0 Å². The normalized spacial score (nSPS) is 43.3. The summed E-state index contributed by atoms with van der Waals surface area (Å²) in [5, 5.41) is 11.8. The fourth-order valence-corrected chi connectivity index (χ4v) is 5.33. The van der Waals surface area contributed by atoms with Gasteiger partial charge in [0.25, 0.3) is 0 Å². The number of tetrazole rings is 1. The molecule has 0 amide bonds. The Morgan fingerprint density at radius 3 is 2.17 bits per heavy atom. The SMILES string of the molecule is Cn1nnnc1C(N)C12CC3CC(CC(C3)C1)C2. The van der Waals surface area contributed by atoms with Crippen molar-refractivity contribution in [2.75, 3.05) is 0 Å². The van der Waals surface area contributed by atoms with Crippen LogP contribution in [0.5, 0.6) is 0 Å². The molecule has 0 aromatic carbocycles. The molecule has 1 atom stereocenters. The van der Waals surface area contributed by atoms with Gasteiger partial charge in [-0.15, -0.1) is 5.10 Å². The maximum Gasteiger partial charge on any atom is 0.168 e. The van der Waals surface area contributed by atoms with E-state index in [4.69, 9.17) is 5.73 Å². The summed E-state index contributed by atoms with van der Waals surface area (Å²) in [5.41, 5.74) is 6.86. The van der Waals surface area contributed by atoms with Gasteiger partial charge in [-0.05, 0) is 72.1 Å². The molecule has 0 radical (unpaired) electrons. The second-order valence-electron chi connectivity index (χ2n) is 6.92. The summed E-state index contributed by atoms with van der Waals surface area (Å²) < 4.78 is 1.75. The lowest BCUT2D eigenvalue weighted by Crippen LogP contribution is -2.51. The molecular formula is C13H21N5. The van der Waals surface area contributed by atoms with Crippen molar-refractivity contribution in [1.82, 2.24) is 20.2 Å². The summed E-state index contributed by atoms with van der Waals surface area (Å²) in [6, 6.07) is 0.0194. The first kappa shape index (κ1) is 10.9. The Bertz CT molecular complexity index is 430. The largest absolute Gasteiger partial charge is 0.321 e. The van der Waals surface area contributed by atoms with Gasteiger partial charge in [0.05, 0.1) is 6.04 Å². The molecule has 1 aromatic rings. The van der Waals surface area contributed by atoms with Crippen LogP contribution in [0, 0.1) is 23.2 Å². The fourth-order valence-electron chi connectivity index (χ4n) is 5.33.